The molecule has 68 valence electrons. The zero-order valence-electron chi connectivity index (χ0n) is 7.63. The van der Waals surface area contributed by atoms with E-state index in [9.17, 15) is 9.59 Å². The Kier molecular flexibility index (Phi) is 2.35. The molecule has 12 heavy (non-hydrogen) atoms. The lowest BCUT2D eigenvalue weighted by Gasteiger charge is -2.33. The molecule has 1 aliphatic rings. The van der Waals surface area contributed by atoms with Crippen molar-refractivity contribution in [2.45, 2.75) is 32.9 Å². The maximum atomic E-state index is 11.2. The van der Waals surface area contributed by atoms with E-state index in [1.54, 1.807) is 4.90 Å². The molecule has 0 radical (unpaired) electrons. The van der Waals surface area contributed by atoms with E-state index >= 15 is 0 Å². The average Bonchev–Trinajstić information content (AvgIpc) is 1.96. The maximum Gasteiger partial charge on any atom is 0.312 e. The van der Waals surface area contributed by atoms with Crippen molar-refractivity contribution in [2.24, 2.45) is 0 Å². The molecule has 0 aromatic rings. The number of carbonyl (C=O) groups is 2. The molecule has 0 aromatic heterocycles. The minimum Gasteiger partial charge on any atom is -0.344 e. The smallest absolute Gasteiger partial charge is 0.312 e. The van der Waals surface area contributed by atoms with Gasteiger partial charge in [-0.15, -0.1) is 0 Å². The van der Waals surface area contributed by atoms with Gasteiger partial charge in [-0.1, -0.05) is 0 Å². The summed E-state index contributed by atoms with van der Waals surface area (Å²) < 4.78 is 0. The molecule has 0 aromatic carbocycles. The summed E-state index contributed by atoms with van der Waals surface area (Å²) in [7, 11) is 0. The lowest BCUT2D eigenvalue weighted by atomic mass is 10.2. The molecule has 1 heterocycles. The SMILES string of the molecule is CC(C)N1C[C@@H](C)NC(=O)C1=O. The van der Waals surface area contributed by atoms with E-state index in [0.717, 1.165) is 0 Å². The maximum absolute atomic E-state index is 11.2. The molecule has 1 rings (SSSR count). The van der Waals surface area contributed by atoms with Gasteiger partial charge in [-0.25, -0.2) is 0 Å². The van der Waals surface area contributed by atoms with E-state index in [0.29, 0.717) is 6.54 Å². The number of carbonyl (C=O) groups excluding carboxylic acids is 2. The van der Waals surface area contributed by atoms with Crippen LogP contribution in [0.5, 0.6) is 0 Å². The van der Waals surface area contributed by atoms with Gasteiger partial charge in [0, 0.05) is 18.6 Å². The molecule has 1 saturated heterocycles. The van der Waals surface area contributed by atoms with E-state index in [-0.39, 0.29) is 12.1 Å². The Bertz CT molecular complexity index is 213. The summed E-state index contributed by atoms with van der Waals surface area (Å²) in [6.07, 6.45) is 0. The first-order valence-electron chi connectivity index (χ1n) is 4.14. The van der Waals surface area contributed by atoms with Crippen LogP contribution in [0.25, 0.3) is 0 Å². The van der Waals surface area contributed by atoms with Crippen LogP contribution >= 0.6 is 0 Å². The van der Waals surface area contributed by atoms with Crippen LogP contribution in [0.3, 0.4) is 0 Å². The summed E-state index contributed by atoms with van der Waals surface area (Å²) in [6, 6.07) is 0.170. The van der Waals surface area contributed by atoms with E-state index in [4.69, 9.17) is 0 Å². The number of nitrogens with zero attached hydrogens (tertiary/aromatic N) is 1. The first-order chi connectivity index (χ1) is 5.52. The van der Waals surface area contributed by atoms with Gasteiger partial charge in [-0.2, -0.15) is 0 Å². The molecular weight excluding hydrogens is 156 g/mol. The number of nitrogens with one attached hydrogen (secondary N) is 1. The van der Waals surface area contributed by atoms with Crippen LogP contribution < -0.4 is 5.32 Å². The highest BCUT2D eigenvalue weighted by Gasteiger charge is 2.31. The summed E-state index contributed by atoms with van der Waals surface area (Å²) in [5.41, 5.74) is 0. The highest BCUT2D eigenvalue weighted by atomic mass is 16.2. The van der Waals surface area contributed by atoms with Gasteiger partial charge in [0.25, 0.3) is 0 Å². The lowest BCUT2D eigenvalue weighted by Crippen LogP contribution is -2.58. The topological polar surface area (TPSA) is 49.4 Å². The fourth-order valence-electron chi connectivity index (χ4n) is 1.28. The second-order valence-electron chi connectivity index (χ2n) is 3.43. The van der Waals surface area contributed by atoms with Crippen molar-refractivity contribution in [1.29, 1.82) is 0 Å². The third-order valence-corrected chi connectivity index (χ3v) is 1.93. The zero-order valence-corrected chi connectivity index (χ0v) is 7.63. The molecule has 0 bridgehead atoms. The van der Waals surface area contributed by atoms with Crippen LogP contribution in [0.4, 0.5) is 0 Å². The fraction of sp³-hybridized carbons (Fsp3) is 0.750. The molecule has 1 N–H and O–H groups in total. The molecule has 4 nitrogen and oxygen atoms in total. The zero-order chi connectivity index (χ0) is 9.30. The first kappa shape index (κ1) is 9.03. The molecule has 1 aliphatic heterocycles. The number of amides is 2. The van der Waals surface area contributed by atoms with Crippen molar-refractivity contribution in [2.75, 3.05) is 6.54 Å². The molecule has 0 saturated carbocycles. The quantitative estimate of drug-likeness (QED) is 0.551. The van der Waals surface area contributed by atoms with Gasteiger partial charge in [0.05, 0.1) is 0 Å². The number of piperazine rings is 1. The van der Waals surface area contributed by atoms with Crippen LogP contribution in [0.2, 0.25) is 0 Å². The Morgan fingerprint density at radius 3 is 2.58 bits per heavy atom. The van der Waals surface area contributed by atoms with Gasteiger partial charge in [0.2, 0.25) is 0 Å². The molecule has 1 atom stereocenters. The van der Waals surface area contributed by atoms with Crippen LogP contribution in [0, 0.1) is 0 Å². The number of rotatable bonds is 1. The highest BCUT2D eigenvalue weighted by Crippen LogP contribution is 2.05. The second-order valence-corrected chi connectivity index (χ2v) is 3.43. The van der Waals surface area contributed by atoms with Gasteiger partial charge >= 0.3 is 11.8 Å². The van der Waals surface area contributed by atoms with Crippen molar-refractivity contribution in [3.8, 4) is 0 Å². The van der Waals surface area contributed by atoms with Crippen LogP contribution in [-0.2, 0) is 9.59 Å². The molecule has 0 aliphatic carbocycles. The van der Waals surface area contributed by atoms with Crippen LogP contribution in [0.1, 0.15) is 20.8 Å². The minimum atomic E-state index is -0.484. The third kappa shape index (κ3) is 1.57. The lowest BCUT2D eigenvalue weighted by molar-refractivity contribution is -0.150. The van der Waals surface area contributed by atoms with Gasteiger partial charge in [0.1, 0.15) is 0 Å². The molecule has 1 fully saturated rings. The summed E-state index contributed by atoms with van der Waals surface area (Å²) in [4.78, 5) is 23.8. The third-order valence-electron chi connectivity index (χ3n) is 1.93. The summed E-state index contributed by atoms with van der Waals surface area (Å²) >= 11 is 0. The van der Waals surface area contributed by atoms with Gasteiger partial charge < -0.3 is 10.2 Å². The van der Waals surface area contributed by atoms with Crippen LogP contribution in [0.15, 0.2) is 0 Å². The highest BCUT2D eigenvalue weighted by molar-refractivity contribution is 6.35. The fourth-order valence-corrected chi connectivity index (χ4v) is 1.28. The molecule has 2 amide bonds. The average molecular weight is 170 g/mol. The van der Waals surface area contributed by atoms with Crippen molar-refractivity contribution in [3.63, 3.8) is 0 Å². The second kappa shape index (κ2) is 3.13. The van der Waals surface area contributed by atoms with Crippen LogP contribution in [-0.4, -0.2) is 35.3 Å². The van der Waals surface area contributed by atoms with Gasteiger partial charge in [-0.3, -0.25) is 9.59 Å². The standard InChI is InChI=1S/C8H14N2O2/c1-5(2)10-4-6(3)9-7(11)8(10)12/h5-6H,4H2,1-3H3,(H,9,11)/t6-/m1/s1. The summed E-state index contributed by atoms with van der Waals surface area (Å²) in [5.74, 6) is -0.898. The Morgan fingerprint density at radius 2 is 2.08 bits per heavy atom. The van der Waals surface area contributed by atoms with Crippen molar-refractivity contribution < 1.29 is 9.59 Å². The molecule has 0 unspecified atom stereocenters. The predicted octanol–water partition coefficient (Wildman–Crippen LogP) is -0.258. The first-order valence-corrected chi connectivity index (χ1v) is 4.14. The molecular formula is C8H14N2O2. The van der Waals surface area contributed by atoms with Gasteiger partial charge in [0.15, 0.2) is 0 Å². The normalized spacial score (nSPS) is 24.7. The van der Waals surface area contributed by atoms with E-state index in [2.05, 4.69) is 5.32 Å². The largest absolute Gasteiger partial charge is 0.344 e. The van der Waals surface area contributed by atoms with E-state index in [1.165, 1.54) is 0 Å². The predicted molar refractivity (Wildman–Crippen MR) is 44.5 cm³/mol. The molecule has 4 heteroatoms. The molecule has 0 spiro atoms. The van der Waals surface area contributed by atoms with Crippen molar-refractivity contribution in [1.82, 2.24) is 10.2 Å². The van der Waals surface area contributed by atoms with E-state index in [1.807, 2.05) is 20.8 Å². The number of hydrogen-bond donors (Lipinski definition) is 1. The summed E-state index contributed by atoms with van der Waals surface area (Å²) in [5, 5.41) is 2.58. The Morgan fingerprint density at radius 1 is 1.50 bits per heavy atom. The monoisotopic (exact) mass is 170 g/mol. The van der Waals surface area contributed by atoms with E-state index < -0.39 is 11.8 Å². The van der Waals surface area contributed by atoms with Crippen molar-refractivity contribution >= 4 is 11.8 Å². The summed E-state index contributed by atoms with van der Waals surface area (Å²) in [6.45, 7) is 6.31. The number of hydrogen-bond acceptors (Lipinski definition) is 2. The minimum absolute atomic E-state index is 0.0672. The van der Waals surface area contributed by atoms with Crippen molar-refractivity contribution in [3.05, 3.63) is 0 Å². The Labute approximate surface area is 71.9 Å². The Hall–Kier alpha value is -1.06. The Balaban J connectivity index is 2.73. The van der Waals surface area contributed by atoms with Gasteiger partial charge in [-0.05, 0) is 20.8 Å².